The first kappa shape index (κ1) is 60.0. The smallest absolute Gasteiger partial charge is 0.414 e. The molecule has 2 aliphatic rings. The lowest BCUT2D eigenvalue weighted by atomic mass is 9.90. The molecule has 0 bridgehead atoms. The number of hydrogen-bond acceptors (Lipinski definition) is 16. The van der Waals surface area contributed by atoms with Gasteiger partial charge in [0.1, 0.15) is 36.9 Å². The summed E-state index contributed by atoms with van der Waals surface area (Å²) in [5.41, 5.74) is 2.08. The highest BCUT2D eigenvalue weighted by Gasteiger charge is 2.31. The average Bonchev–Trinajstić information content (AvgIpc) is 4.30. The Labute approximate surface area is 469 Å². The van der Waals surface area contributed by atoms with E-state index in [2.05, 4.69) is 57.9 Å². The van der Waals surface area contributed by atoms with Gasteiger partial charge in [0, 0.05) is 89.3 Å². The van der Waals surface area contributed by atoms with Crippen molar-refractivity contribution in [3.05, 3.63) is 107 Å². The summed E-state index contributed by atoms with van der Waals surface area (Å²) in [7, 11) is 6.74. The summed E-state index contributed by atoms with van der Waals surface area (Å²) >= 11 is 3.70. The van der Waals surface area contributed by atoms with Crippen LogP contribution in [0.1, 0.15) is 61.1 Å². The summed E-state index contributed by atoms with van der Waals surface area (Å²) in [6.07, 6.45) is 7.04. The van der Waals surface area contributed by atoms with E-state index in [-0.39, 0.29) is 13.2 Å². The van der Waals surface area contributed by atoms with Crippen molar-refractivity contribution in [1.82, 2.24) is 19.8 Å². The summed E-state index contributed by atoms with van der Waals surface area (Å²) in [6, 6.07) is 29.4. The highest BCUT2D eigenvalue weighted by atomic mass is 32.1. The van der Waals surface area contributed by atoms with Crippen LogP contribution in [0.2, 0.25) is 0 Å². The maximum absolute atomic E-state index is 10.7. The van der Waals surface area contributed by atoms with E-state index in [9.17, 15) is 10.2 Å². The van der Waals surface area contributed by atoms with E-state index < -0.39 is 36.1 Å². The molecule has 0 saturated carbocycles. The van der Waals surface area contributed by atoms with Crippen LogP contribution in [0.25, 0.3) is 42.0 Å². The zero-order valence-electron chi connectivity index (χ0n) is 45.2. The van der Waals surface area contributed by atoms with E-state index in [1.54, 1.807) is 28.4 Å². The Bertz CT molecular complexity index is 3130. The molecule has 0 unspecified atom stereocenters. The number of nitrogens with zero attached hydrogens (tertiary/aromatic N) is 2. The van der Waals surface area contributed by atoms with Gasteiger partial charge in [0.25, 0.3) is 0 Å². The largest absolute Gasteiger partial charge is 0.493 e. The lowest BCUT2D eigenvalue weighted by Crippen LogP contribution is -2.45. The van der Waals surface area contributed by atoms with E-state index in [0.29, 0.717) is 37.0 Å². The molecule has 2 fully saturated rings. The number of piperidine rings is 2. The highest BCUT2D eigenvalue weighted by molar-refractivity contribution is 7.19. The van der Waals surface area contributed by atoms with Crippen LogP contribution in [0.4, 0.5) is 0 Å². The average molecular weight is 1140 g/mol. The monoisotopic (exact) mass is 1140 g/mol. The van der Waals surface area contributed by atoms with Gasteiger partial charge in [-0.15, -0.1) is 22.7 Å². The minimum Gasteiger partial charge on any atom is -0.493 e. The number of likely N-dealkylation sites (tertiary alicyclic amines) is 2. The Kier molecular flexibility index (Phi) is 21.0. The minimum absolute atomic E-state index is 0.287. The lowest BCUT2D eigenvalue weighted by molar-refractivity contribution is -0.159. The molecule has 10 rings (SSSR count). The van der Waals surface area contributed by atoms with Gasteiger partial charge in [-0.25, -0.2) is 19.2 Å². The van der Waals surface area contributed by atoms with E-state index in [1.807, 2.05) is 95.7 Å². The highest BCUT2D eigenvalue weighted by Crippen LogP contribution is 2.46. The maximum Gasteiger partial charge on any atom is 0.414 e. The zero-order valence-corrected chi connectivity index (χ0v) is 46.9. The molecular weight excluding hydrogens is 1070 g/mol. The summed E-state index contributed by atoms with van der Waals surface area (Å²) in [6.45, 7) is 8.26. The number of carboxylic acids is 4. The third-order valence-corrected chi connectivity index (χ3v) is 16.7. The van der Waals surface area contributed by atoms with Crippen molar-refractivity contribution in [2.45, 2.75) is 75.7 Å². The molecule has 8 aromatic rings. The van der Waals surface area contributed by atoms with E-state index >= 15 is 0 Å². The van der Waals surface area contributed by atoms with Crippen LogP contribution in [-0.4, -0.2) is 166 Å². The number of H-pyrrole nitrogens is 2. The number of aliphatic hydroxyl groups is 2. The summed E-state index contributed by atoms with van der Waals surface area (Å²) in [4.78, 5) is 50.4. The molecule has 80 heavy (non-hydrogen) atoms. The van der Waals surface area contributed by atoms with E-state index in [1.165, 1.54) is 19.2 Å². The topological polar surface area (TPSA) is 283 Å². The van der Waals surface area contributed by atoms with Gasteiger partial charge in [-0.05, 0) is 137 Å². The van der Waals surface area contributed by atoms with Crippen molar-refractivity contribution in [2.24, 2.45) is 0 Å². The molecule has 4 aromatic heterocycles. The van der Waals surface area contributed by atoms with Crippen molar-refractivity contribution in [3.63, 3.8) is 0 Å². The number of thiophene rings is 2. The third-order valence-electron chi connectivity index (χ3n) is 14.2. The number of rotatable bonds is 16. The van der Waals surface area contributed by atoms with Crippen molar-refractivity contribution >= 4 is 88.5 Å². The first-order chi connectivity index (χ1) is 38.4. The molecule has 6 atom stereocenters. The first-order valence-corrected chi connectivity index (χ1v) is 27.5. The van der Waals surface area contributed by atoms with Gasteiger partial charge in [0.05, 0.1) is 28.4 Å². The SMILES string of the molecule is COc1ccc2sc([C@@H]3CCN(C[C@H](O)COc4cccc5[nH]ccc45)[C@@H](C)C3)cc2c1OC.COc1ccc2sc([C@H]3CCN(C[C@H](O)COc4cccc5[nH]ccc45)[C@H](C)C3)cc2c1OC.O=C(O)C(=O)O.O=C(O)C(=O)O. The van der Waals surface area contributed by atoms with Gasteiger partial charge in [-0.2, -0.15) is 0 Å². The van der Waals surface area contributed by atoms with Crippen LogP contribution in [-0.2, 0) is 19.2 Å². The van der Waals surface area contributed by atoms with Crippen molar-refractivity contribution in [3.8, 4) is 34.5 Å². The molecule has 6 heterocycles. The second kappa shape index (κ2) is 28.0. The predicted octanol–water partition coefficient (Wildman–Crippen LogP) is 9.13. The fourth-order valence-corrected chi connectivity index (χ4v) is 12.6. The number of aromatic nitrogens is 2. The number of methoxy groups -OCH3 is 4. The van der Waals surface area contributed by atoms with Gasteiger partial charge in [-0.3, -0.25) is 9.80 Å². The van der Waals surface area contributed by atoms with Gasteiger partial charge < -0.3 is 69.0 Å². The molecule has 4 aromatic carbocycles. The predicted molar refractivity (Wildman–Crippen MR) is 306 cm³/mol. The Morgan fingerprint density at radius 1 is 0.537 bits per heavy atom. The number of β-amino-alcohol motifs (C(OH)–C–C–N with tert-alkyl or cyclic N) is 2. The molecule has 0 radical (unpaired) electrons. The molecule has 0 aliphatic carbocycles. The van der Waals surface area contributed by atoms with Crippen LogP contribution >= 0.6 is 22.7 Å². The molecule has 0 amide bonds. The van der Waals surface area contributed by atoms with Crippen LogP contribution in [0.3, 0.4) is 0 Å². The summed E-state index contributed by atoms with van der Waals surface area (Å²) in [5, 5.41) is 55.3. The van der Waals surface area contributed by atoms with Crippen molar-refractivity contribution in [2.75, 3.05) is 67.8 Å². The van der Waals surface area contributed by atoms with Crippen molar-refractivity contribution in [1.29, 1.82) is 0 Å². The number of benzene rings is 4. The minimum atomic E-state index is -1.82. The summed E-state index contributed by atoms with van der Waals surface area (Å²) in [5.74, 6) is -1.49. The first-order valence-electron chi connectivity index (χ1n) is 25.9. The van der Waals surface area contributed by atoms with Crippen LogP contribution < -0.4 is 28.4 Å². The lowest BCUT2D eigenvalue weighted by Gasteiger charge is -2.38. The fourth-order valence-electron chi connectivity index (χ4n) is 10.2. The number of hydrogen-bond donors (Lipinski definition) is 8. The molecule has 22 heteroatoms. The quantitative estimate of drug-likeness (QED) is 0.0419. The number of aliphatic carboxylic acids is 4. The van der Waals surface area contributed by atoms with Crippen molar-refractivity contribution < 1.29 is 78.2 Å². The van der Waals surface area contributed by atoms with Gasteiger partial charge in [0.15, 0.2) is 23.0 Å². The maximum atomic E-state index is 10.7. The molecule has 0 spiro atoms. The fraction of sp³-hybridized carbons (Fsp3) is 0.379. The number of aliphatic hydroxyl groups excluding tert-OH is 2. The van der Waals surface area contributed by atoms with E-state index in [4.69, 9.17) is 68.0 Å². The molecule has 428 valence electrons. The molecule has 2 saturated heterocycles. The number of ether oxygens (including phenoxy) is 6. The van der Waals surface area contributed by atoms with Crippen LogP contribution in [0, 0.1) is 0 Å². The molecule has 20 nitrogen and oxygen atoms in total. The number of fused-ring (bicyclic) bond motifs is 4. The third kappa shape index (κ3) is 15.0. The standard InChI is InChI=1S/2C27H32N2O4S.2C2H2O4/c2*1-17-13-18(26-14-21-25(34-26)8-7-24(31-2)27(21)32-3)10-12-29(17)15-19(30)16-33-23-6-4-5-22-20(23)9-11-28-22;2*3-1(4)2(5)6/h2*4-9,11,14,17-19,28,30H,10,12-13,15-16H2,1-3H3;2*(H,3,4)(H,5,6)/t17-,18+,19+;17-,18+,19-;;/m10../s1. The molecular formula is C58H68N4O16S2. The second-order valence-electron chi connectivity index (χ2n) is 19.4. The summed E-state index contributed by atoms with van der Waals surface area (Å²) < 4.78 is 36.6. The Hall–Kier alpha value is -7.60. The number of carboxylic acid groups (broad SMARTS) is 4. The van der Waals surface area contributed by atoms with Gasteiger partial charge in [0.2, 0.25) is 0 Å². The number of aromatic amines is 2. The zero-order chi connectivity index (χ0) is 57.6. The normalized spacial score (nSPS) is 18.1. The van der Waals surface area contributed by atoms with E-state index in [0.717, 1.165) is 106 Å². The van der Waals surface area contributed by atoms with Crippen LogP contribution in [0.15, 0.2) is 97.3 Å². The van der Waals surface area contributed by atoms with Gasteiger partial charge in [-0.1, -0.05) is 12.1 Å². The van der Waals surface area contributed by atoms with Gasteiger partial charge >= 0.3 is 23.9 Å². The Balaban J connectivity index is 0.000000192. The Morgan fingerprint density at radius 2 is 0.925 bits per heavy atom. The Morgan fingerprint density at radius 3 is 1.26 bits per heavy atom. The molecule has 8 N–H and O–H groups in total. The molecule has 2 aliphatic heterocycles. The van der Waals surface area contributed by atoms with Crippen LogP contribution in [0.5, 0.6) is 34.5 Å². The second-order valence-corrected chi connectivity index (χ2v) is 21.6. The number of nitrogens with one attached hydrogen (secondary N) is 2. The number of carbonyl (C=O) groups is 4.